The highest BCUT2D eigenvalue weighted by atomic mass is 32.1. The van der Waals surface area contributed by atoms with E-state index in [0.29, 0.717) is 16.3 Å². The molecule has 0 saturated carbocycles. The summed E-state index contributed by atoms with van der Waals surface area (Å²) in [5, 5.41) is 2.02. The highest BCUT2D eigenvalue weighted by Crippen LogP contribution is 2.32. The Morgan fingerprint density at radius 3 is 3.00 bits per heavy atom. The summed E-state index contributed by atoms with van der Waals surface area (Å²) < 4.78 is 7.44. The molecular weight excluding hydrogens is 266 g/mol. The third kappa shape index (κ3) is 1.81. The number of carbonyl (C=O) groups excluding carboxylic acids is 1. The fourth-order valence-electron chi connectivity index (χ4n) is 1.72. The maximum atomic E-state index is 12.4. The number of thiophene rings is 2. The van der Waals surface area contributed by atoms with Crippen molar-refractivity contribution in [2.24, 2.45) is 0 Å². The van der Waals surface area contributed by atoms with Crippen molar-refractivity contribution in [3.8, 4) is 5.75 Å². The van der Waals surface area contributed by atoms with Gasteiger partial charge in [-0.3, -0.25) is 4.79 Å². The number of hydrogen-bond donors (Lipinski definition) is 0. The van der Waals surface area contributed by atoms with E-state index >= 15 is 0 Å². The van der Waals surface area contributed by atoms with Crippen LogP contribution < -0.4 is 4.74 Å². The summed E-state index contributed by atoms with van der Waals surface area (Å²) in [4.78, 5) is 17.2. The lowest BCUT2D eigenvalue weighted by Gasteiger charge is -2.04. The van der Waals surface area contributed by atoms with Gasteiger partial charge in [0.05, 0.1) is 12.0 Å². The topological polar surface area (TPSA) is 39.2 Å². The van der Waals surface area contributed by atoms with Gasteiger partial charge >= 0.3 is 0 Å². The minimum absolute atomic E-state index is 0.0825. The summed E-state index contributed by atoms with van der Waals surface area (Å²) in [6, 6.07) is 7.44. The van der Waals surface area contributed by atoms with Crippen LogP contribution in [-0.2, 0) is 0 Å². The second-order valence-electron chi connectivity index (χ2n) is 3.64. The summed E-state index contributed by atoms with van der Waals surface area (Å²) >= 11 is 3.13. The zero-order chi connectivity index (χ0) is 12.5. The van der Waals surface area contributed by atoms with E-state index in [-0.39, 0.29) is 5.78 Å². The van der Waals surface area contributed by atoms with Crippen LogP contribution in [0.15, 0.2) is 35.8 Å². The molecule has 0 bridgehead atoms. The van der Waals surface area contributed by atoms with Gasteiger partial charge in [-0.2, -0.15) is 0 Å². The van der Waals surface area contributed by atoms with Gasteiger partial charge in [-0.15, -0.1) is 22.7 Å². The summed E-state index contributed by atoms with van der Waals surface area (Å²) in [5.74, 6) is 0.431. The number of hydrogen-bond acceptors (Lipinski definition) is 5. The summed E-state index contributed by atoms with van der Waals surface area (Å²) in [7, 11) is 1.54. The van der Waals surface area contributed by atoms with E-state index in [0.717, 1.165) is 9.40 Å². The van der Waals surface area contributed by atoms with Gasteiger partial charge in [0.15, 0.2) is 5.69 Å². The first-order chi connectivity index (χ1) is 8.79. The Bertz CT molecular complexity index is 686. The van der Waals surface area contributed by atoms with Crippen LogP contribution in [0.2, 0.25) is 0 Å². The lowest BCUT2D eigenvalue weighted by atomic mass is 10.2. The Balaban J connectivity index is 2.06. The van der Waals surface area contributed by atoms with Crippen molar-refractivity contribution in [1.82, 2.24) is 4.98 Å². The van der Waals surface area contributed by atoms with Gasteiger partial charge in [-0.1, -0.05) is 0 Å². The van der Waals surface area contributed by atoms with E-state index in [4.69, 9.17) is 4.74 Å². The molecule has 0 aliphatic carbocycles. The van der Waals surface area contributed by atoms with Crippen LogP contribution in [0.4, 0.5) is 0 Å². The number of pyridine rings is 1. The van der Waals surface area contributed by atoms with Crippen molar-refractivity contribution in [2.75, 3.05) is 7.11 Å². The van der Waals surface area contributed by atoms with Crippen LogP contribution in [0.5, 0.6) is 5.75 Å². The first-order valence-corrected chi connectivity index (χ1v) is 7.00. The molecule has 3 aromatic rings. The smallest absolute Gasteiger partial charge is 0.225 e. The minimum atomic E-state index is -0.0825. The van der Waals surface area contributed by atoms with Crippen LogP contribution >= 0.6 is 22.7 Å². The Morgan fingerprint density at radius 2 is 2.22 bits per heavy atom. The molecule has 0 amide bonds. The molecule has 0 aliphatic rings. The Hall–Kier alpha value is -1.72. The van der Waals surface area contributed by atoms with Gasteiger partial charge in [-0.05, 0) is 29.6 Å². The number of fused-ring (bicyclic) bond motifs is 1. The van der Waals surface area contributed by atoms with Crippen molar-refractivity contribution in [2.45, 2.75) is 0 Å². The van der Waals surface area contributed by atoms with Gasteiger partial charge in [0.1, 0.15) is 5.75 Å². The van der Waals surface area contributed by atoms with Crippen molar-refractivity contribution < 1.29 is 9.53 Å². The molecule has 3 heterocycles. The van der Waals surface area contributed by atoms with Crippen LogP contribution in [-0.4, -0.2) is 17.9 Å². The predicted molar refractivity (Wildman–Crippen MR) is 73.9 cm³/mol. The van der Waals surface area contributed by atoms with Crippen molar-refractivity contribution in [3.63, 3.8) is 0 Å². The molecule has 0 aromatic carbocycles. The molecule has 0 fully saturated rings. The fraction of sp³-hybridized carbons (Fsp3) is 0.0769. The normalized spacial score (nSPS) is 10.7. The van der Waals surface area contributed by atoms with Crippen LogP contribution in [0.3, 0.4) is 0 Å². The summed E-state index contributed by atoms with van der Waals surface area (Å²) in [6.07, 6.45) is 1.60. The number of nitrogens with zero attached hydrogens (tertiary/aromatic N) is 1. The molecule has 0 atom stereocenters. The maximum absolute atomic E-state index is 12.4. The summed E-state index contributed by atoms with van der Waals surface area (Å²) in [6.45, 7) is 0. The first kappa shape index (κ1) is 11.4. The zero-order valence-electron chi connectivity index (χ0n) is 9.54. The van der Waals surface area contributed by atoms with Gasteiger partial charge < -0.3 is 4.74 Å². The highest BCUT2D eigenvalue weighted by Gasteiger charge is 2.18. The quantitative estimate of drug-likeness (QED) is 0.686. The third-order valence-corrected chi connectivity index (χ3v) is 4.66. The Labute approximate surface area is 112 Å². The molecule has 0 radical (unpaired) electrons. The molecule has 3 rings (SSSR count). The predicted octanol–water partition coefficient (Wildman–Crippen LogP) is 3.60. The number of aromatic nitrogens is 1. The number of carbonyl (C=O) groups is 1. The second-order valence-corrected chi connectivity index (χ2v) is 5.67. The standard InChI is InChI=1S/C13H9NO2S2/c1-16-8-3-2-5-14-12(8)13(15)11-7-10-9(18-11)4-6-17-10/h2-7H,1H3. The molecule has 0 N–H and O–H groups in total. The van der Waals surface area contributed by atoms with Gasteiger partial charge in [-0.25, -0.2) is 4.98 Å². The minimum Gasteiger partial charge on any atom is -0.494 e. The van der Waals surface area contributed by atoms with E-state index in [1.807, 2.05) is 17.5 Å². The molecule has 0 spiro atoms. The fourth-order valence-corrected chi connectivity index (χ4v) is 3.77. The Kier molecular flexibility index (Phi) is 2.85. The first-order valence-electron chi connectivity index (χ1n) is 5.30. The SMILES string of the molecule is COc1cccnc1C(=O)c1cc2sccc2s1. The van der Waals surface area contributed by atoms with Crippen LogP contribution in [0.1, 0.15) is 15.4 Å². The van der Waals surface area contributed by atoms with Gasteiger partial charge in [0, 0.05) is 15.6 Å². The average Bonchev–Trinajstić information content (AvgIpc) is 2.98. The number of rotatable bonds is 3. The largest absolute Gasteiger partial charge is 0.494 e. The monoisotopic (exact) mass is 275 g/mol. The van der Waals surface area contributed by atoms with E-state index in [2.05, 4.69) is 4.98 Å². The molecule has 0 saturated heterocycles. The van der Waals surface area contributed by atoms with Crippen molar-refractivity contribution >= 4 is 37.9 Å². The van der Waals surface area contributed by atoms with Crippen molar-refractivity contribution in [1.29, 1.82) is 0 Å². The lowest BCUT2D eigenvalue weighted by Crippen LogP contribution is -2.04. The second kappa shape index (κ2) is 4.51. The van der Waals surface area contributed by atoms with Crippen LogP contribution in [0, 0.1) is 0 Å². The molecule has 18 heavy (non-hydrogen) atoms. The van der Waals surface area contributed by atoms with E-state index in [1.165, 1.54) is 11.3 Å². The highest BCUT2D eigenvalue weighted by molar-refractivity contribution is 7.28. The van der Waals surface area contributed by atoms with Crippen LogP contribution in [0.25, 0.3) is 9.40 Å². The molecule has 90 valence electrons. The average molecular weight is 275 g/mol. The maximum Gasteiger partial charge on any atom is 0.225 e. The zero-order valence-corrected chi connectivity index (χ0v) is 11.2. The lowest BCUT2D eigenvalue weighted by molar-refractivity contribution is 0.103. The summed E-state index contributed by atoms with van der Waals surface area (Å²) in [5.41, 5.74) is 0.369. The number of ether oxygens (including phenoxy) is 1. The molecule has 3 aromatic heterocycles. The van der Waals surface area contributed by atoms with Gasteiger partial charge in [0.2, 0.25) is 5.78 Å². The van der Waals surface area contributed by atoms with E-state index < -0.39 is 0 Å². The van der Waals surface area contributed by atoms with Gasteiger partial charge in [0.25, 0.3) is 0 Å². The molecule has 3 nitrogen and oxygen atoms in total. The molecule has 0 unspecified atom stereocenters. The van der Waals surface area contributed by atoms with E-state index in [1.54, 1.807) is 36.8 Å². The Morgan fingerprint density at radius 1 is 1.33 bits per heavy atom. The van der Waals surface area contributed by atoms with E-state index in [9.17, 15) is 4.79 Å². The number of ketones is 1. The third-order valence-electron chi connectivity index (χ3n) is 2.57. The van der Waals surface area contributed by atoms with Crippen molar-refractivity contribution in [3.05, 3.63) is 46.4 Å². The molecule has 0 aliphatic heterocycles. The number of methoxy groups -OCH3 is 1. The molecular formula is C13H9NO2S2. The molecule has 5 heteroatoms.